The summed E-state index contributed by atoms with van der Waals surface area (Å²) in [5.41, 5.74) is 8.32. The van der Waals surface area contributed by atoms with Gasteiger partial charge in [-0.25, -0.2) is 0 Å². The molecule has 110 valence electrons. The lowest BCUT2D eigenvalue weighted by molar-refractivity contribution is 0.0649. The van der Waals surface area contributed by atoms with Gasteiger partial charge in [-0.3, -0.25) is 0 Å². The second-order valence-corrected chi connectivity index (χ2v) is 6.88. The van der Waals surface area contributed by atoms with Crippen molar-refractivity contribution in [2.75, 3.05) is 19.6 Å². The Kier molecular flexibility index (Phi) is 4.42. The number of piperidine rings is 1. The lowest BCUT2D eigenvalue weighted by Crippen LogP contribution is -2.43. The molecule has 1 saturated carbocycles. The molecule has 2 fully saturated rings. The first-order valence-electron chi connectivity index (χ1n) is 8.30. The smallest absolute Gasteiger partial charge is 0.0424 e. The van der Waals surface area contributed by atoms with Crippen molar-refractivity contribution < 1.29 is 0 Å². The van der Waals surface area contributed by atoms with Gasteiger partial charge in [0.15, 0.2) is 0 Å². The molecule has 2 nitrogen and oxygen atoms in total. The molecule has 1 aliphatic heterocycles. The zero-order chi connectivity index (χ0) is 13.8. The third kappa shape index (κ3) is 3.24. The summed E-state index contributed by atoms with van der Waals surface area (Å²) in [4.78, 5) is 2.58. The van der Waals surface area contributed by atoms with Gasteiger partial charge in [0.2, 0.25) is 0 Å². The minimum Gasteiger partial charge on any atom is -0.323 e. The molecule has 0 radical (unpaired) electrons. The standard InChI is InChI=1S/C18H28N2/c19-17(16-7-3-1-4-8-16)15-20-13-11-18(12-14-20)9-5-2-6-10-18/h1,3-4,7-8,17H,2,5-6,9-15,19H2. The van der Waals surface area contributed by atoms with Gasteiger partial charge in [-0.1, -0.05) is 49.6 Å². The molecule has 2 aliphatic rings. The Hall–Kier alpha value is -0.860. The monoisotopic (exact) mass is 272 g/mol. The van der Waals surface area contributed by atoms with E-state index in [1.807, 2.05) is 0 Å². The SMILES string of the molecule is NC(CN1CCC2(CCCCC2)CC1)c1ccccc1. The van der Waals surface area contributed by atoms with E-state index in [4.69, 9.17) is 5.73 Å². The molecule has 1 aliphatic carbocycles. The van der Waals surface area contributed by atoms with Crippen molar-refractivity contribution in [3.05, 3.63) is 35.9 Å². The molecular formula is C18H28N2. The van der Waals surface area contributed by atoms with Crippen molar-refractivity contribution in [2.45, 2.75) is 51.0 Å². The fourth-order valence-corrected chi connectivity index (χ4v) is 4.10. The zero-order valence-electron chi connectivity index (χ0n) is 12.6. The van der Waals surface area contributed by atoms with Crippen LogP contribution in [0.15, 0.2) is 30.3 Å². The first-order valence-corrected chi connectivity index (χ1v) is 8.30. The van der Waals surface area contributed by atoms with Gasteiger partial charge in [0, 0.05) is 12.6 Å². The van der Waals surface area contributed by atoms with Crippen molar-refractivity contribution in [2.24, 2.45) is 11.1 Å². The Balaban J connectivity index is 1.51. The topological polar surface area (TPSA) is 29.3 Å². The summed E-state index contributed by atoms with van der Waals surface area (Å²) in [6.07, 6.45) is 10.1. The van der Waals surface area contributed by atoms with E-state index in [0.29, 0.717) is 5.41 Å². The highest BCUT2D eigenvalue weighted by atomic mass is 15.1. The van der Waals surface area contributed by atoms with Crippen LogP contribution in [-0.4, -0.2) is 24.5 Å². The molecule has 1 aromatic carbocycles. The summed E-state index contributed by atoms with van der Waals surface area (Å²) in [6.45, 7) is 3.52. The Bertz CT molecular complexity index is 399. The predicted octanol–water partition coefficient (Wildman–Crippen LogP) is 3.73. The van der Waals surface area contributed by atoms with Crippen molar-refractivity contribution in [3.63, 3.8) is 0 Å². The summed E-state index contributed by atoms with van der Waals surface area (Å²) in [5, 5.41) is 0. The second-order valence-electron chi connectivity index (χ2n) is 6.88. The van der Waals surface area contributed by atoms with Gasteiger partial charge in [0.25, 0.3) is 0 Å². The molecule has 0 amide bonds. The molecule has 1 aromatic rings. The maximum atomic E-state index is 6.35. The number of likely N-dealkylation sites (tertiary alicyclic amines) is 1. The molecule has 1 spiro atoms. The van der Waals surface area contributed by atoms with Gasteiger partial charge in [-0.2, -0.15) is 0 Å². The summed E-state index contributed by atoms with van der Waals surface area (Å²) in [7, 11) is 0. The third-order valence-corrected chi connectivity index (χ3v) is 5.51. The molecule has 1 heterocycles. The normalized spacial score (nSPS) is 24.6. The van der Waals surface area contributed by atoms with Crippen LogP contribution in [0.4, 0.5) is 0 Å². The molecule has 1 atom stereocenters. The van der Waals surface area contributed by atoms with E-state index in [0.717, 1.165) is 6.54 Å². The number of benzene rings is 1. The highest BCUT2D eigenvalue weighted by molar-refractivity contribution is 5.18. The average Bonchev–Trinajstić information content (AvgIpc) is 2.52. The molecule has 1 saturated heterocycles. The van der Waals surface area contributed by atoms with Gasteiger partial charge in [0.05, 0.1) is 0 Å². The quantitative estimate of drug-likeness (QED) is 0.908. The number of nitrogens with zero attached hydrogens (tertiary/aromatic N) is 1. The van der Waals surface area contributed by atoms with Crippen LogP contribution in [0.1, 0.15) is 56.6 Å². The average molecular weight is 272 g/mol. The van der Waals surface area contributed by atoms with E-state index in [-0.39, 0.29) is 6.04 Å². The maximum Gasteiger partial charge on any atom is 0.0424 e. The lowest BCUT2D eigenvalue weighted by Gasteiger charge is -2.44. The first kappa shape index (κ1) is 14.1. The van der Waals surface area contributed by atoms with Crippen molar-refractivity contribution in [1.29, 1.82) is 0 Å². The Morgan fingerprint density at radius 2 is 1.60 bits per heavy atom. The van der Waals surface area contributed by atoms with Crippen LogP contribution in [-0.2, 0) is 0 Å². The molecule has 20 heavy (non-hydrogen) atoms. The summed E-state index contributed by atoms with van der Waals surface area (Å²) >= 11 is 0. The summed E-state index contributed by atoms with van der Waals surface area (Å²) in [5.74, 6) is 0. The van der Waals surface area contributed by atoms with Gasteiger partial charge in [-0.15, -0.1) is 0 Å². The molecule has 2 heteroatoms. The van der Waals surface area contributed by atoms with Crippen LogP contribution in [0.3, 0.4) is 0 Å². The molecule has 2 N–H and O–H groups in total. The molecule has 1 unspecified atom stereocenters. The predicted molar refractivity (Wildman–Crippen MR) is 84.6 cm³/mol. The summed E-state index contributed by atoms with van der Waals surface area (Å²) in [6, 6.07) is 10.7. The second kappa shape index (κ2) is 6.28. The van der Waals surface area contributed by atoms with E-state index >= 15 is 0 Å². The van der Waals surface area contributed by atoms with Crippen molar-refractivity contribution in [3.8, 4) is 0 Å². The van der Waals surface area contributed by atoms with Crippen LogP contribution in [0.25, 0.3) is 0 Å². The van der Waals surface area contributed by atoms with E-state index < -0.39 is 0 Å². The van der Waals surface area contributed by atoms with Gasteiger partial charge in [-0.05, 0) is 49.8 Å². The highest BCUT2D eigenvalue weighted by Gasteiger charge is 2.35. The fraction of sp³-hybridized carbons (Fsp3) is 0.667. The zero-order valence-corrected chi connectivity index (χ0v) is 12.6. The van der Waals surface area contributed by atoms with Gasteiger partial charge < -0.3 is 10.6 Å². The number of hydrogen-bond donors (Lipinski definition) is 1. The van der Waals surface area contributed by atoms with Crippen LogP contribution in [0.5, 0.6) is 0 Å². The highest BCUT2D eigenvalue weighted by Crippen LogP contribution is 2.44. The van der Waals surface area contributed by atoms with Crippen LogP contribution >= 0.6 is 0 Å². The number of hydrogen-bond acceptors (Lipinski definition) is 2. The maximum absolute atomic E-state index is 6.35. The minimum absolute atomic E-state index is 0.164. The van der Waals surface area contributed by atoms with Crippen LogP contribution in [0.2, 0.25) is 0 Å². The van der Waals surface area contributed by atoms with Crippen molar-refractivity contribution in [1.82, 2.24) is 4.90 Å². The third-order valence-electron chi connectivity index (χ3n) is 5.51. The minimum atomic E-state index is 0.164. The molecule has 0 aromatic heterocycles. The van der Waals surface area contributed by atoms with Gasteiger partial charge >= 0.3 is 0 Å². The largest absolute Gasteiger partial charge is 0.323 e. The van der Waals surface area contributed by atoms with Crippen LogP contribution in [0, 0.1) is 5.41 Å². The van der Waals surface area contributed by atoms with E-state index in [1.54, 1.807) is 0 Å². The van der Waals surface area contributed by atoms with E-state index in [1.165, 1.54) is 63.6 Å². The number of nitrogens with two attached hydrogens (primary N) is 1. The summed E-state index contributed by atoms with van der Waals surface area (Å²) < 4.78 is 0. The number of rotatable bonds is 3. The lowest BCUT2D eigenvalue weighted by atomic mass is 9.68. The molecule has 0 bridgehead atoms. The van der Waals surface area contributed by atoms with E-state index in [2.05, 4.69) is 35.2 Å². The van der Waals surface area contributed by atoms with Crippen LogP contribution < -0.4 is 5.73 Å². The first-order chi connectivity index (χ1) is 9.77. The Morgan fingerprint density at radius 1 is 0.950 bits per heavy atom. The fourth-order valence-electron chi connectivity index (χ4n) is 4.10. The molecule has 3 rings (SSSR count). The molecular weight excluding hydrogens is 244 g/mol. The van der Waals surface area contributed by atoms with E-state index in [9.17, 15) is 0 Å². The Labute approximate surface area is 123 Å². The Morgan fingerprint density at radius 3 is 2.25 bits per heavy atom. The van der Waals surface area contributed by atoms with Crippen molar-refractivity contribution >= 4 is 0 Å². The van der Waals surface area contributed by atoms with Gasteiger partial charge in [0.1, 0.15) is 0 Å².